The van der Waals surface area contributed by atoms with E-state index in [0.29, 0.717) is 11.7 Å². The van der Waals surface area contributed by atoms with E-state index < -0.39 is 0 Å². The summed E-state index contributed by atoms with van der Waals surface area (Å²) in [6.07, 6.45) is 0. The minimum absolute atomic E-state index is 0.500. The van der Waals surface area contributed by atoms with E-state index in [1.54, 1.807) is 7.11 Å². The second kappa shape index (κ2) is 4.87. The van der Waals surface area contributed by atoms with Gasteiger partial charge in [-0.3, -0.25) is 4.99 Å². The molecule has 0 unspecified atom stereocenters. The van der Waals surface area contributed by atoms with Crippen molar-refractivity contribution in [2.45, 2.75) is 6.92 Å². The van der Waals surface area contributed by atoms with Crippen molar-refractivity contribution >= 4 is 16.8 Å². The van der Waals surface area contributed by atoms with Crippen LogP contribution in [-0.2, 0) is 0 Å². The number of nitrogens with zero attached hydrogens (tertiary/aromatic N) is 1. The third-order valence-corrected chi connectivity index (χ3v) is 1.95. The van der Waals surface area contributed by atoms with Crippen molar-refractivity contribution in [3.8, 4) is 5.75 Å². The molecule has 0 fully saturated rings. The average molecular weight is 198 g/mol. The fourth-order valence-electron chi connectivity index (χ4n) is 1.04. The Morgan fingerprint density at radius 3 is 2.77 bits per heavy atom. The summed E-state index contributed by atoms with van der Waals surface area (Å²) in [5.74, 6) is 0.754. The van der Waals surface area contributed by atoms with E-state index in [9.17, 15) is 0 Å². The molecule has 0 aliphatic carbocycles. The van der Waals surface area contributed by atoms with Gasteiger partial charge in [0, 0.05) is 6.54 Å². The fraction of sp³-hybridized carbons (Fsp3) is 0.300. The lowest BCUT2D eigenvalue weighted by atomic mass is 10.2. The number of para-hydroxylation sites is 1. The summed E-state index contributed by atoms with van der Waals surface area (Å²) in [5.41, 5.74) is 0.841. The van der Waals surface area contributed by atoms with Gasteiger partial charge in [-0.05, 0) is 19.1 Å². The molecule has 0 amide bonds. The fourth-order valence-corrected chi connectivity index (χ4v) is 1.31. The molecule has 0 aromatic heterocycles. The maximum absolute atomic E-state index is 5.96. The quantitative estimate of drug-likeness (QED) is 0.683. The summed E-state index contributed by atoms with van der Waals surface area (Å²) in [7, 11) is 1.62. The number of rotatable bonds is 3. The van der Waals surface area contributed by atoms with Crippen molar-refractivity contribution in [3.05, 3.63) is 29.8 Å². The van der Waals surface area contributed by atoms with E-state index in [2.05, 4.69) is 4.99 Å². The lowest BCUT2D eigenvalue weighted by molar-refractivity contribution is 0.414. The zero-order valence-corrected chi connectivity index (χ0v) is 8.51. The van der Waals surface area contributed by atoms with E-state index in [1.807, 2.05) is 31.2 Å². The van der Waals surface area contributed by atoms with E-state index in [4.69, 9.17) is 16.3 Å². The van der Waals surface area contributed by atoms with Gasteiger partial charge >= 0.3 is 0 Å². The van der Waals surface area contributed by atoms with Crippen molar-refractivity contribution in [3.63, 3.8) is 0 Å². The number of methoxy groups -OCH3 is 1. The lowest BCUT2D eigenvalue weighted by Gasteiger charge is -2.05. The Morgan fingerprint density at radius 2 is 2.15 bits per heavy atom. The zero-order valence-electron chi connectivity index (χ0n) is 7.75. The normalized spacial score (nSPS) is 11.5. The van der Waals surface area contributed by atoms with Crippen LogP contribution in [0.2, 0.25) is 0 Å². The molecular weight excluding hydrogens is 186 g/mol. The molecule has 0 saturated heterocycles. The van der Waals surface area contributed by atoms with Gasteiger partial charge in [-0.25, -0.2) is 0 Å². The number of ether oxygens (including phenoxy) is 1. The molecule has 0 heterocycles. The number of aliphatic imine (C=N–C) groups is 1. The van der Waals surface area contributed by atoms with E-state index in [0.717, 1.165) is 11.3 Å². The van der Waals surface area contributed by atoms with Gasteiger partial charge in [0.1, 0.15) is 10.9 Å². The first-order chi connectivity index (χ1) is 6.29. The molecule has 0 aliphatic heterocycles. The van der Waals surface area contributed by atoms with Crippen LogP contribution in [0.3, 0.4) is 0 Å². The summed E-state index contributed by atoms with van der Waals surface area (Å²) in [6.45, 7) is 2.62. The first-order valence-corrected chi connectivity index (χ1v) is 4.50. The molecule has 70 valence electrons. The van der Waals surface area contributed by atoms with Gasteiger partial charge in [-0.1, -0.05) is 23.7 Å². The van der Waals surface area contributed by atoms with Crippen molar-refractivity contribution in [2.75, 3.05) is 13.7 Å². The van der Waals surface area contributed by atoms with Crippen LogP contribution in [0.25, 0.3) is 0 Å². The van der Waals surface area contributed by atoms with E-state index in [-0.39, 0.29) is 0 Å². The summed E-state index contributed by atoms with van der Waals surface area (Å²) in [5, 5.41) is 0.500. The molecule has 1 aromatic rings. The highest BCUT2D eigenvalue weighted by atomic mass is 35.5. The molecule has 3 heteroatoms. The van der Waals surface area contributed by atoms with Crippen LogP contribution in [0.4, 0.5) is 0 Å². The molecule has 0 saturated carbocycles. The van der Waals surface area contributed by atoms with Crippen LogP contribution in [0.15, 0.2) is 29.3 Å². The van der Waals surface area contributed by atoms with Crippen LogP contribution in [0, 0.1) is 0 Å². The topological polar surface area (TPSA) is 21.6 Å². The predicted octanol–water partition coefficient (Wildman–Crippen LogP) is 2.70. The van der Waals surface area contributed by atoms with Crippen molar-refractivity contribution in [1.29, 1.82) is 0 Å². The molecule has 0 atom stereocenters. The SMILES string of the molecule is CCN=C(Cl)c1ccccc1OC. The highest BCUT2D eigenvalue weighted by Gasteiger charge is 2.05. The van der Waals surface area contributed by atoms with Gasteiger partial charge in [-0.15, -0.1) is 0 Å². The molecule has 0 aliphatic rings. The van der Waals surface area contributed by atoms with Gasteiger partial charge in [0.25, 0.3) is 0 Å². The Hall–Kier alpha value is -1.02. The summed E-state index contributed by atoms with van der Waals surface area (Å²) in [4.78, 5) is 4.11. The van der Waals surface area contributed by atoms with Crippen LogP contribution in [-0.4, -0.2) is 18.8 Å². The zero-order chi connectivity index (χ0) is 9.68. The first-order valence-electron chi connectivity index (χ1n) is 4.13. The van der Waals surface area contributed by atoms with E-state index >= 15 is 0 Å². The van der Waals surface area contributed by atoms with Crippen molar-refractivity contribution in [2.24, 2.45) is 4.99 Å². The second-order valence-electron chi connectivity index (χ2n) is 2.47. The van der Waals surface area contributed by atoms with Gasteiger partial charge in [0.05, 0.1) is 12.7 Å². The molecule has 0 radical (unpaired) electrons. The Morgan fingerprint density at radius 1 is 1.46 bits per heavy atom. The standard InChI is InChI=1S/C10H12ClNO/c1-3-12-10(11)8-6-4-5-7-9(8)13-2/h4-7H,3H2,1-2H3. The Bertz CT molecular complexity index is 310. The molecule has 0 N–H and O–H groups in total. The summed E-state index contributed by atoms with van der Waals surface area (Å²) >= 11 is 5.96. The second-order valence-corrected chi connectivity index (χ2v) is 2.82. The molecular formula is C10H12ClNO. The molecule has 0 bridgehead atoms. The third-order valence-electron chi connectivity index (χ3n) is 1.63. The summed E-state index contributed by atoms with van der Waals surface area (Å²) in [6, 6.07) is 7.56. The van der Waals surface area contributed by atoms with Crippen LogP contribution in [0.1, 0.15) is 12.5 Å². The van der Waals surface area contributed by atoms with Crippen LogP contribution in [0.5, 0.6) is 5.75 Å². The van der Waals surface area contributed by atoms with Crippen LogP contribution < -0.4 is 4.74 Å². The third kappa shape index (κ3) is 2.46. The molecule has 0 spiro atoms. The number of halogens is 1. The van der Waals surface area contributed by atoms with Crippen LogP contribution >= 0.6 is 11.6 Å². The van der Waals surface area contributed by atoms with Crippen molar-refractivity contribution in [1.82, 2.24) is 0 Å². The van der Waals surface area contributed by atoms with Gasteiger partial charge in [-0.2, -0.15) is 0 Å². The molecule has 1 rings (SSSR count). The Labute approximate surface area is 83.2 Å². The minimum Gasteiger partial charge on any atom is -0.496 e. The Balaban J connectivity index is 3.05. The number of hydrogen-bond donors (Lipinski definition) is 0. The maximum atomic E-state index is 5.96. The Kier molecular flexibility index (Phi) is 3.77. The van der Waals surface area contributed by atoms with Gasteiger partial charge in [0.15, 0.2) is 0 Å². The van der Waals surface area contributed by atoms with Gasteiger partial charge < -0.3 is 4.74 Å². The molecule has 1 aromatic carbocycles. The monoisotopic (exact) mass is 197 g/mol. The smallest absolute Gasteiger partial charge is 0.134 e. The summed E-state index contributed by atoms with van der Waals surface area (Å²) < 4.78 is 5.15. The number of hydrogen-bond acceptors (Lipinski definition) is 2. The lowest BCUT2D eigenvalue weighted by Crippen LogP contribution is -1.96. The maximum Gasteiger partial charge on any atom is 0.134 e. The average Bonchev–Trinajstić information content (AvgIpc) is 2.18. The molecule has 2 nitrogen and oxygen atoms in total. The van der Waals surface area contributed by atoms with Crippen molar-refractivity contribution < 1.29 is 4.74 Å². The van der Waals surface area contributed by atoms with Gasteiger partial charge in [0.2, 0.25) is 0 Å². The first kappa shape index (κ1) is 10.1. The predicted molar refractivity (Wildman–Crippen MR) is 55.9 cm³/mol. The largest absolute Gasteiger partial charge is 0.496 e. The number of benzene rings is 1. The molecule has 13 heavy (non-hydrogen) atoms. The highest BCUT2D eigenvalue weighted by Crippen LogP contribution is 2.19. The minimum atomic E-state index is 0.500. The highest BCUT2D eigenvalue weighted by molar-refractivity contribution is 6.69. The van der Waals surface area contributed by atoms with E-state index in [1.165, 1.54) is 0 Å².